The van der Waals surface area contributed by atoms with Crippen LogP contribution in [0.5, 0.6) is 0 Å². The summed E-state index contributed by atoms with van der Waals surface area (Å²) in [7, 11) is 0. The van der Waals surface area contributed by atoms with E-state index < -0.39 is 29.4 Å². The number of urea groups is 1. The van der Waals surface area contributed by atoms with Crippen LogP contribution in [-0.4, -0.2) is 30.1 Å². The van der Waals surface area contributed by atoms with Crippen LogP contribution >= 0.6 is 11.6 Å². The summed E-state index contributed by atoms with van der Waals surface area (Å²) in [5.74, 6) is -2.12. The minimum Gasteiger partial charge on any atom is -0.449 e. The molecule has 0 unspecified atom stereocenters. The number of carbonyl (C=O) groups excluding carboxylic acids is 3. The van der Waals surface area contributed by atoms with E-state index in [2.05, 4.69) is 10.6 Å². The molecule has 1 fully saturated rings. The lowest BCUT2D eigenvalue weighted by atomic mass is 9.96. The largest absolute Gasteiger partial charge is 0.449 e. The molecule has 0 saturated heterocycles. The summed E-state index contributed by atoms with van der Waals surface area (Å²) in [5, 5.41) is 5.48. The zero-order valence-electron chi connectivity index (χ0n) is 15.8. The van der Waals surface area contributed by atoms with Gasteiger partial charge in [0, 0.05) is 17.1 Å². The minimum absolute atomic E-state index is 0.0368. The van der Waals surface area contributed by atoms with Crippen molar-refractivity contribution in [3.05, 3.63) is 45.3 Å². The molecule has 1 aliphatic rings. The number of rotatable bonds is 4. The lowest BCUT2D eigenvalue weighted by Gasteiger charge is -2.23. The lowest BCUT2D eigenvalue weighted by molar-refractivity contribution is -0.128. The number of fused-ring (bicyclic) bond motifs is 1. The summed E-state index contributed by atoms with van der Waals surface area (Å²) >= 11 is 5.85. The van der Waals surface area contributed by atoms with E-state index in [1.54, 1.807) is 0 Å². The Morgan fingerprint density at radius 1 is 1.17 bits per heavy atom. The average Bonchev–Trinajstić information content (AvgIpc) is 2.68. The first-order chi connectivity index (χ1) is 13.8. The molecule has 0 spiro atoms. The number of amides is 3. The molecule has 154 valence electrons. The highest BCUT2D eigenvalue weighted by atomic mass is 35.5. The Morgan fingerprint density at radius 3 is 2.62 bits per heavy atom. The van der Waals surface area contributed by atoms with Gasteiger partial charge in [0.1, 0.15) is 5.58 Å². The molecule has 1 aliphatic carbocycles. The molecular formula is C20H21ClN2O6. The van der Waals surface area contributed by atoms with Gasteiger partial charge < -0.3 is 14.5 Å². The van der Waals surface area contributed by atoms with E-state index in [0.717, 1.165) is 38.2 Å². The maximum absolute atomic E-state index is 12.3. The quantitative estimate of drug-likeness (QED) is 0.734. The first-order valence-electron chi connectivity index (χ1n) is 9.39. The number of hydrogen-bond donors (Lipinski definition) is 2. The summed E-state index contributed by atoms with van der Waals surface area (Å²) in [5.41, 5.74) is -0.303. The fourth-order valence-electron chi connectivity index (χ4n) is 3.18. The van der Waals surface area contributed by atoms with Crippen molar-refractivity contribution in [1.29, 1.82) is 0 Å². The first kappa shape index (κ1) is 20.9. The van der Waals surface area contributed by atoms with Gasteiger partial charge in [0.25, 0.3) is 5.91 Å². The van der Waals surface area contributed by atoms with Crippen LogP contribution in [0.2, 0.25) is 5.02 Å². The molecule has 0 radical (unpaired) electrons. The third kappa shape index (κ3) is 5.35. The summed E-state index contributed by atoms with van der Waals surface area (Å²) < 4.78 is 10.4. The molecule has 3 amide bonds. The van der Waals surface area contributed by atoms with Gasteiger partial charge in [-0.05, 0) is 38.0 Å². The number of halogens is 1. The van der Waals surface area contributed by atoms with Gasteiger partial charge in [-0.3, -0.25) is 14.9 Å². The van der Waals surface area contributed by atoms with Crippen molar-refractivity contribution < 1.29 is 23.5 Å². The molecule has 2 N–H and O–H groups in total. The normalized spacial score (nSPS) is 15.5. The molecule has 3 rings (SSSR count). The fraction of sp³-hybridized carbons (Fsp3) is 0.400. The molecule has 1 aromatic heterocycles. The van der Waals surface area contributed by atoms with Gasteiger partial charge in [0.15, 0.2) is 11.5 Å². The summed E-state index contributed by atoms with van der Waals surface area (Å²) in [6, 6.07) is 4.79. The van der Waals surface area contributed by atoms with Crippen LogP contribution in [0.25, 0.3) is 11.0 Å². The molecule has 0 bridgehead atoms. The number of esters is 1. The predicted octanol–water partition coefficient (Wildman–Crippen LogP) is 3.15. The average molecular weight is 421 g/mol. The Hall–Kier alpha value is -2.87. The number of carbonyl (C=O) groups is 3. The minimum atomic E-state index is -1.26. The van der Waals surface area contributed by atoms with Gasteiger partial charge in [0.2, 0.25) is 5.76 Å². The fourth-order valence-corrected chi connectivity index (χ4v) is 3.36. The van der Waals surface area contributed by atoms with Gasteiger partial charge in [-0.1, -0.05) is 30.9 Å². The van der Waals surface area contributed by atoms with E-state index in [1.807, 2.05) is 0 Å². The highest BCUT2D eigenvalue weighted by molar-refractivity contribution is 6.31. The van der Waals surface area contributed by atoms with Gasteiger partial charge >= 0.3 is 12.0 Å². The van der Waals surface area contributed by atoms with Crippen LogP contribution in [0.4, 0.5) is 4.79 Å². The number of benzene rings is 1. The third-order valence-electron chi connectivity index (χ3n) is 4.72. The van der Waals surface area contributed by atoms with Crippen molar-refractivity contribution in [2.45, 2.75) is 51.2 Å². The summed E-state index contributed by atoms with van der Waals surface area (Å²) in [4.78, 5) is 48.5. The van der Waals surface area contributed by atoms with E-state index >= 15 is 0 Å². The molecule has 29 heavy (non-hydrogen) atoms. The van der Waals surface area contributed by atoms with Crippen molar-refractivity contribution >= 4 is 40.5 Å². The highest BCUT2D eigenvalue weighted by Crippen LogP contribution is 2.19. The third-order valence-corrected chi connectivity index (χ3v) is 4.96. The molecule has 1 heterocycles. The van der Waals surface area contributed by atoms with E-state index in [-0.39, 0.29) is 22.8 Å². The van der Waals surface area contributed by atoms with Crippen molar-refractivity contribution in [2.24, 2.45) is 0 Å². The number of ether oxygens (including phenoxy) is 1. The molecule has 0 aliphatic heterocycles. The summed E-state index contributed by atoms with van der Waals surface area (Å²) in [6.07, 6.45) is 3.71. The summed E-state index contributed by atoms with van der Waals surface area (Å²) in [6.45, 7) is 1.32. The second-order valence-corrected chi connectivity index (χ2v) is 7.40. The molecule has 1 aromatic carbocycles. The highest BCUT2D eigenvalue weighted by Gasteiger charge is 2.24. The Labute approximate surface area is 171 Å². The van der Waals surface area contributed by atoms with Crippen LogP contribution in [-0.2, 0) is 9.53 Å². The number of nitrogens with one attached hydrogen (secondary N) is 2. The molecule has 1 atom stereocenters. The molecule has 9 heteroatoms. The Balaban J connectivity index is 1.60. The number of hydrogen-bond acceptors (Lipinski definition) is 6. The lowest BCUT2D eigenvalue weighted by Crippen LogP contribution is -2.48. The van der Waals surface area contributed by atoms with Crippen LogP contribution in [0.15, 0.2) is 33.5 Å². The van der Waals surface area contributed by atoms with Crippen molar-refractivity contribution in [3.8, 4) is 0 Å². The van der Waals surface area contributed by atoms with E-state index in [4.69, 9.17) is 20.8 Å². The zero-order chi connectivity index (χ0) is 21.0. The molecule has 8 nitrogen and oxygen atoms in total. The van der Waals surface area contributed by atoms with Crippen molar-refractivity contribution in [1.82, 2.24) is 10.6 Å². The molecule has 1 saturated carbocycles. The van der Waals surface area contributed by atoms with E-state index in [9.17, 15) is 19.2 Å². The van der Waals surface area contributed by atoms with Crippen molar-refractivity contribution in [2.75, 3.05) is 0 Å². The Kier molecular flexibility index (Phi) is 6.53. The molecular weight excluding hydrogens is 400 g/mol. The van der Waals surface area contributed by atoms with Gasteiger partial charge in [-0.25, -0.2) is 9.59 Å². The van der Waals surface area contributed by atoms with Crippen molar-refractivity contribution in [3.63, 3.8) is 0 Å². The second kappa shape index (κ2) is 9.09. The van der Waals surface area contributed by atoms with Crippen LogP contribution < -0.4 is 16.1 Å². The Bertz CT molecular complexity index is 996. The van der Waals surface area contributed by atoms with Crippen LogP contribution in [0, 0.1) is 0 Å². The first-order valence-corrected chi connectivity index (χ1v) is 9.77. The zero-order valence-corrected chi connectivity index (χ0v) is 16.6. The molecule has 2 aromatic rings. The maximum atomic E-state index is 12.3. The van der Waals surface area contributed by atoms with Gasteiger partial charge in [-0.15, -0.1) is 0 Å². The second-order valence-electron chi connectivity index (χ2n) is 6.96. The van der Waals surface area contributed by atoms with Gasteiger partial charge in [-0.2, -0.15) is 0 Å². The maximum Gasteiger partial charge on any atom is 0.375 e. The topological polar surface area (TPSA) is 115 Å². The van der Waals surface area contributed by atoms with Gasteiger partial charge in [0.05, 0.1) is 5.39 Å². The van der Waals surface area contributed by atoms with Crippen LogP contribution in [0.3, 0.4) is 0 Å². The SMILES string of the molecule is C[C@H](OC(=O)c1cc(=O)c2cc(Cl)ccc2o1)C(=O)NC(=O)NC1CCCCC1. The monoisotopic (exact) mass is 420 g/mol. The van der Waals surface area contributed by atoms with E-state index in [0.29, 0.717) is 5.02 Å². The smallest absolute Gasteiger partial charge is 0.375 e. The standard InChI is InChI=1S/C20H21ClN2O6/c1-11(18(25)23-20(27)22-13-5-3-2-4-6-13)28-19(26)17-10-15(24)14-9-12(21)7-8-16(14)29-17/h7-11,13H,2-6H2,1H3,(H2,22,23,25,27)/t11-/m0/s1. The Morgan fingerprint density at radius 2 is 1.90 bits per heavy atom. The van der Waals surface area contributed by atoms with E-state index in [1.165, 1.54) is 25.1 Å². The number of imide groups is 1. The van der Waals surface area contributed by atoms with Crippen LogP contribution in [0.1, 0.15) is 49.6 Å². The predicted molar refractivity (Wildman–Crippen MR) is 106 cm³/mol.